The van der Waals surface area contributed by atoms with E-state index in [1.807, 2.05) is 54.5 Å². The summed E-state index contributed by atoms with van der Waals surface area (Å²) in [5.74, 6) is 0.390. The molecule has 0 amide bonds. The number of nitrogens with zero attached hydrogens (tertiary/aromatic N) is 2. The Balaban J connectivity index is 0.000000749. The van der Waals surface area contributed by atoms with Gasteiger partial charge >= 0.3 is 0 Å². The number of hydrogen-bond acceptors (Lipinski definition) is 6. The highest BCUT2D eigenvalue weighted by atomic mass is 35.7. The topological polar surface area (TPSA) is 129 Å². The van der Waals surface area contributed by atoms with E-state index in [4.69, 9.17) is 18.6 Å². The van der Waals surface area contributed by atoms with E-state index in [2.05, 4.69) is 46.5 Å². The molecular weight excluding hydrogens is 396 g/mol. The molecule has 0 radical (unpaired) electrons. The number of aliphatic imine (C=N–C) groups is 1. The quantitative estimate of drug-likeness (QED) is 0.527. The Kier molecular flexibility index (Phi) is 7.93. The first-order chi connectivity index (χ1) is 13.0. The zero-order chi connectivity index (χ0) is 22.6. The minimum atomic E-state index is -4.94. The summed E-state index contributed by atoms with van der Waals surface area (Å²) in [4.78, 5) is 4.65. The average Bonchev–Trinajstić information content (AvgIpc) is 2.51. The maximum Gasteiger partial charge on any atom is 0.169 e. The maximum absolute atomic E-state index is 10.7. The Labute approximate surface area is 174 Å². The van der Waals surface area contributed by atoms with Gasteiger partial charge in [-0.2, -0.15) is 0 Å². The van der Waals surface area contributed by atoms with E-state index < -0.39 is 10.2 Å². The molecule has 29 heavy (non-hydrogen) atoms. The fourth-order valence-corrected chi connectivity index (χ4v) is 2.58. The lowest BCUT2D eigenvalue weighted by atomic mass is 9.79. The number of aryl methyl sites for hydroxylation is 1. The molecule has 1 heterocycles. The number of aromatic nitrogens is 1. The largest absolute Gasteiger partial charge is 0.507 e. The van der Waals surface area contributed by atoms with Crippen molar-refractivity contribution < 1.29 is 38.6 Å². The van der Waals surface area contributed by atoms with Crippen molar-refractivity contribution in [1.82, 2.24) is 0 Å². The predicted molar refractivity (Wildman–Crippen MR) is 100 cm³/mol. The van der Waals surface area contributed by atoms with Gasteiger partial charge in [0, 0.05) is 35.0 Å². The van der Waals surface area contributed by atoms with Gasteiger partial charge in [0.15, 0.2) is 12.4 Å². The molecule has 8 heteroatoms. The van der Waals surface area contributed by atoms with Crippen molar-refractivity contribution in [1.29, 1.82) is 0 Å². The highest BCUT2D eigenvalue weighted by Crippen LogP contribution is 2.41. The molecule has 0 aliphatic carbocycles. The van der Waals surface area contributed by atoms with E-state index in [1.54, 1.807) is 0 Å². The van der Waals surface area contributed by atoms with Gasteiger partial charge in [-0.1, -0.05) is 41.5 Å². The van der Waals surface area contributed by atoms with Gasteiger partial charge in [-0.05, 0) is 23.0 Å². The van der Waals surface area contributed by atoms with Crippen LogP contribution in [0.5, 0.6) is 5.75 Å². The Morgan fingerprint density at radius 3 is 1.62 bits per heavy atom. The normalized spacial score (nSPS) is 12.7. The monoisotopic (exact) mass is 424 g/mol. The zero-order valence-corrected chi connectivity index (χ0v) is 18.6. The van der Waals surface area contributed by atoms with Crippen LogP contribution in [0.3, 0.4) is 0 Å². The van der Waals surface area contributed by atoms with Gasteiger partial charge in [0.2, 0.25) is 0 Å². The van der Waals surface area contributed by atoms with E-state index in [9.17, 15) is 5.11 Å². The molecule has 1 aromatic heterocycles. The van der Waals surface area contributed by atoms with E-state index in [1.165, 1.54) is 0 Å². The van der Waals surface area contributed by atoms with Crippen LogP contribution < -0.4 is 23.2 Å². The van der Waals surface area contributed by atoms with Crippen LogP contribution in [0, 0.1) is 10.2 Å². The fraction of sp³-hybridized carbons (Fsp3) is 0.429. The first kappa shape index (κ1) is 25.0. The maximum atomic E-state index is 10.7. The molecule has 160 valence electrons. The number of benzene rings is 1. The van der Waals surface area contributed by atoms with Gasteiger partial charge < -0.3 is 5.11 Å². The van der Waals surface area contributed by atoms with Gasteiger partial charge in [-0.3, -0.25) is 4.99 Å². The minimum Gasteiger partial charge on any atom is -0.507 e. The van der Waals surface area contributed by atoms with Crippen molar-refractivity contribution in [2.24, 2.45) is 12.0 Å². The Hall–Kier alpha value is -2.03. The number of pyridine rings is 1. The number of rotatable bonds is 2. The molecule has 2 rings (SSSR count). The number of halogens is 1. The average molecular weight is 425 g/mol. The summed E-state index contributed by atoms with van der Waals surface area (Å²) in [5, 5.41) is 10.7. The second-order valence-electron chi connectivity index (χ2n) is 8.82. The molecule has 0 fully saturated rings. The number of hydrogen-bond donors (Lipinski definition) is 1. The van der Waals surface area contributed by atoms with E-state index in [0.717, 1.165) is 22.4 Å². The second kappa shape index (κ2) is 9.19. The predicted octanol–water partition coefficient (Wildman–Crippen LogP) is -0.194. The molecule has 0 aliphatic heterocycles. The molecular formula is C21H29ClN2O5. The van der Waals surface area contributed by atoms with Gasteiger partial charge in [-0.15, -0.1) is 10.2 Å². The molecule has 0 spiro atoms. The molecule has 0 unspecified atom stereocenters. The standard InChI is InChI=1S/C21H28N2O.ClHO4/c1-20(2,3)17-12-16(13-18(19(17)24)21(4,5)6)22-14-15-8-10-23(7)11-9-15;2-1(3,4)5/h8-14H,1-7H3;(H,2,3,4,5). The Morgan fingerprint density at radius 1 is 0.897 bits per heavy atom. The summed E-state index contributed by atoms with van der Waals surface area (Å²) >= 11 is 0. The molecule has 0 atom stereocenters. The van der Waals surface area contributed by atoms with Crippen molar-refractivity contribution >= 4 is 11.9 Å². The van der Waals surface area contributed by atoms with Crippen LogP contribution in [0.15, 0.2) is 41.7 Å². The van der Waals surface area contributed by atoms with Crippen LogP contribution in [0.2, 0.25) is 0 Å². The number of phenols is 1. The van der Waals surface area contributed by atoms with Crippen molar-refractivity contribution in [2.45, 2.75) is 52.4 Å². The molecule has 0 aliphatic rings. The van der Waals surface area contributed by atoms with Crippen LogP contribution in [-0.2, 0) is 17.9 Å². The summed E-state index contributed by atoms with van der Waals surface area (Å²) in [6.45, 7) is 12.7. The number of aromatic hydroxyl groups is 1. The molecule has 2 aromatic rings. The van der Waals surface area contributed by atoms with E-state index >= 15 is 0 Å². The van der Waals surface area contributed by atoms with Gasteiger partial charge in [-0.25, -0.2) is 23.2 Å². The first-order valence-corrected chi connectivity index (χ1v) is 10.2. The second-order valence-corrected chi connectivity index (χ2v) is 9.58. The van der Waals surface area contributed by atoms with Crippen LogP contribution in [0.25, 0.3) is 0 Å². The third-order valence-corrected chi connectivity index (χ3v) is 4.08. The van der Waals surface area contributed by atoms with Crippen LogP contribution >= 0.6 is 0 Å². The molecule has 0 bridgehead atoms. The molecule has 0 saturated carbocycles. The number of phenolic OH excluding ortho intramolecular Hbond substituents is 1. The van der Waals surface area contributed by atoms with Crippen molar-refractivity contribution in [3.05, 3.63) is 53.3 Å². The smallest absolute Gasteiger partial charge is 0.169 e. The van der Waals surface area contributed by atoms with E-state index in [0.29, 0.717) is 5.75 Å². The van der Waals surface area contributed by atoms with Gasteiger partial charge in [0.1, 0.15) is 12.8 Å². The Bertz CT molecular complexity index is 804. The van der Waals surface area contributed by atoms with Crippen LogP contribution in [0.1, 0.15) is 58.2 Å². The van der Waals surface area contributed by atoms with Crippen molar-refractivity contribution in [3.8, 4) is 5.75 Å². The molecule has 7 nitrogen and oxygen atoms in total. The van der Waals surface area contributed by atoms with Crippen molar-refractivity contribution in [2.75, 3.05) is 0 Å². The SMILES string of the molecule is C[n+]1ccc(C=Nc2cc(C(C)(C)C)c(O)c(C(C)(C)C)c2)cc1.[O-][Cl+3]([O-])([O-])[O-]. The van der Waals surface area contributed by atoms with Gasteiger partial charge in [0.25, 0.3) is 0 Å². The third kappa shape index (κ3) is 8.89. The van der Waals surface area contributed by atoms with E-state index in [-0.39, 0.29) is 10.8 Å². The molecule has 0 saturated heterocycles. The molecule has 1 N–H and O–H groups in total. The van der Waals surface area contributed by atoms with Crippen molar-refractivity contribution in [3.63, 3.8) is 0 Å². The fourth-order valence-electron chi connectivity index (χ4n) is 2.58. The van der Waals surface area contributed by atoms with Crippen LogP contribution in [-0.4, -0.2) is 11.3 Å². The summed E-state index contributed by atoms with van der Waals surface area (Å²) in [6, 6.07) is 8.03. The highest BCUT2D eigenvalue weighted by Gasteiger charge is 2.26. The summed E-state index contributed by atoms with van der Waals surface area (Å²) in [7, 11) is -2.95. The summed E-state index contributed by atoms with van der Waals surface area (Å²) < 4.78 is 36.0. The van der Waals surface area contributed by atoms with Crippen LogP contribution in [0.4, 0.5) is 5.69 Å². The lowest BCUT2D eigenvalue weighted by molar-refractivity contribution is -2.00. The summed E-state index contributed by atoms with van der Waals surface area (Å²) in [6.07, 6.45) is 5.87. The first-order valence-electron chi connectivity index (χ1n) is 8.97. The minimum absolute atomic E-state index is 0.143. The summed E-state index contributed by atoms with van der Waals surface area (Å²) in [5.41, 5.74) is 3.50. The van der Waals surface area contributed by atoms with Gasteiger partial charge in [0.05, 0.1) is 5.69 Å². The lowest BCUT2D eigenvalue weighted by Gasteiger charge is -2.27. The Morgan fingerprint density at radius 2 is 1.28 bits per heavy atom. The zero-order valence-electron chi connectivity index (χ0n) is 17.9. The lowest BCUT2D eigenvalue weighted by Crippen LogP contribution is -2.68. The highest BCUT2D eigenvalue weighted by molar-refractivity contribution is 5.81. The third-order valence-electron chi connectivity index (χ3n) is 4.08. The molecule has 1 aromatic carbocycles.